The van der Waals surface area contributed by atoms with Crippen molar-refractivity contribution >= 4 is 17.6 Å². The van der Waals surface area contributed by atoms with E-state index in [9.17, 15) is 4.79 Å². The Morgan fingerprint density at radius 3 is 2.33 bits per heavy atom. The van der Waals surface area contributed by atoms with E-state index in [1.165, 1.54) is 6.92 Å². The van der Waals surface area contributed by atoms with Gasteiger partial charge in [0.25, 0.3) is 0 Å². The van der Waals surface area contributed by atoms with Gasteiger partial charge in [-0.15, -0.1) is 0 Å². The van der Waals surface area contributed by atoms with Crippen LogP contribution in [-0.4, -0.2) is 5.97 Å². The standard InChI is InChI=1S/C14H11ClO3/c1-10(16)17-13-3-2-4-14(9-13)18-12-7-5-11(15)6-8-12/h2-9H,1H3. The van der Waals surface area contributed by atoms with E-state index in [0.717, 1.165) is 0 Å². The number of carbonyl (C=O) groups excluding carboxylic acids is 1. The lowest BCUT2D eigenvalue weighted by Crippen LogP contribution is -2.01. The highest BCUT2D eigenvalue weighted by Crippen LogP contribution is 2.26. The fourth-order valence-electron chi connectivity index (χ4n) is 1.41. The lowest BCUT2D eigenvalue weighted by atomic mass is 10.3. The molecule has 0 aromatic heterocycles. The molecule has 0 atom stereocenters. The van der Waals surface area contributed by atoms with E-state index in [0.29, 0.717) is 22.3 Å². The molecule has 2 aromatic carbocycles. The van der Waals surface area contributed by atoms with Gasteiger partial charge in [0, 0.05) is 18.0 Å². The summed E-state index contributed by atoms with van der Waals surface area (Å²) in [6.07, 6.45) is 0. The van der Waals surface area contributed by atoms with E-state index in [-0.39, 0.29) is 5.97 Å². The number of benzene rings is 2. The molecule has 0 aliphatic carbocycles. The van der Waals surface area contributed by atoms with Crippen LogP contribution >= 0.6 is 11.6 Å². The van der Waals surface area contributed by atoms with Gasteiger partial charge < -0.3 is 9.47 Å². The average Bonchev–Trinajstić information content (AvgIpc) is 2.32. The van der Waals surface area contributed by atoms with Gasteiger partial charge in [0.1, 0.15) is 17.2 Å². The molecule has 18 heavy (non-hydrogen) atoms. The number of carbonyl (C=O) groups is 1. The van der Waals surface area contributed by atoms with Gasteiger partial charge in [-0.1, -0.05) is 17.7 Å². The summed E-state index contributed by atoms with van der Waals surface area (Å²) < 4.78 is 10.6. The first-order valence-corrected chi connectivity index (χ1v) is 5.73. The van der Waals surface area contributed by atoms with Crippen LogP contribution in [0.3, 0.4) is 0 Å². The van der Waals surface area contributed by atoms with E-state index in [4.69, 9.17) is 21.1 Å². The molecule has 0 radical (unpaired) electrons. The van der Waals surface area contributed by atoms with Crippen LogP contribution in [0.15, 0.2) is 48.5 Å². The van der Waals surface area contributed by atoms with E-state index < -0.39 is 0 Å². The number of halogens is 1. The van der Waals surface area contributed by atoms with Crippen molar-refractivity contribution in [3.05, 3.63) is 53.6 Å². The third-order valence-corrected chi connectivity index (χ3v) is 2.37. The van der Waals surface area contributed by atoms with Crippen molar-refractivity contribution in [2.75, 3.05) is 0 Å². The van der Waals surface area contributed by atoms with E-state index in [1.807, 2.05) is 0 Å². The number of hydrogen-bond donors (Lipinski definition) is 0. The summed E-state index contributed by atoms with van der Waals surface area (Å²) in [6, 6.07) is 13.9. The third kappa shape index (κ3) is 3.50. The van der Waals surface area contributed by atoms with Crippen LogP contribution in [0.2, 0.25) is 5.02 Å². The first kappa shape index (κ1) is 12.5. The minimum atomic E-state index is -0.362. The minimum absolute atomic E-state index is 0.362. The Balaban J connectivity index is 2.13. The molecule has 92 valence electrons. The van der Waals surface area contributed by atoms with E-state index >= 15 is 0 Å². The lowest BCUT2D eigenvalue weighted by molar-refractivity contribution is -0.131. The molecule has 0 saturated carbocycles. The molecule has 2 aromatic rings. The number of esters is 1. The van der Waals surface area contributed by atoms with Crippen LogP contribution < -0.4 is 9.47 Å². The summed E-state index contributed by atoms with van der Waals surface area (Å²) in [7, 11) is 0. The second-order valence-corrected chi connectivity index (χ2v) is 4.06. The predicted molar refractivity (Wildman–Crippen MR) is 69.3 cm³/mol. The number of rotatable bonds is 3. The summed E-state index contributed by atoms with van der Waals surface area (Å²) >= 11 is 5.78. The maximum atomic E-state index is 10.8. The summed E-state index contributed by atoms with van der Waals surface area (Å²) in [5, 5.41) is 0.649. The van der Waals surface area contributed by atoms with Gasteiger partial charge in [-0.2, -0.15) is 0 Å². The van der Waals surface area contributed by atoms with E-state index in [1.54, 1.807) is 48.5 Å². The molecule has 0 unspecified atom stereocenters. The molecule has 0 N–H and O–H groups in total. The maximum Gasteiger partial charge on any atom is 0.308 e. The molecule has 0 amide bonds. The summed E-state index contributed by atoms with van der Waals surface area (Å²) in [4.78, 5) is 10.8. The van der Waals surface area contributed by atoms with Gasteiger partial charge in [-0.3, -0.25) is 4.79 Å². The Bertz CT molecular complexity index is 549. The Labute approximate surface area is 110 Å². The molecule has 0 aliphatic heterocycles. The Morgan fingerprint density at radius 2 is 1.67 bits per heavy atom. The summed E-state index contributed by atoms with van der Waals surface area (Å²) in [5.74, 6) is 1.35. The Kier molecular flexibility index (Phi) is 3.85. The van der Waals surface area contributed by atoms with Gasteiger partial charge in [0.2, 0.25) is 0 Å². The molecular formula is C14H11ClO3. The molecule has 0 aliphatic rings. The van der Waals surface area contributed by atoms with Gasteiger partial charge in [-0.05, 0) is 36.4 Å². The maximum absolute atomic E-state index is 10.8. The Hall–Kier alpha value is -2.00. The van der Waals surface area contributed by atoms with Gasteiger partial charge in [-0.25, -0.2) is 0 Å². The molecule has 0 spiro atoms. The molecule has 0 fully saturated rings. The van der Waals surface area contributed by atoms with Crippen molar-refractivity contribution in [2.24, 2.45) is 0 Å². The molecule has 2 rings (SSSR count). The number of hydrogen-bond acceptors (Lipinski definition) is 3. The van der Waals surface area contributed by atoms with Crippen molar-refractivity contribution < 1.29 is 14.3 Å². The highest BCUT2D eigenvalue weighted by atomic mass is 35.5. The summed E-state index contributed by atoms with van der Waals surface area (Å²) in [5.41, 5.74) is 0. The largest absolute Gasteiger partial charge is 0.457 e. The lowest BCUT2D eigenvalue weighted by Gasteiger charge is -2.07. The first-order valence-electron chi connectivity index (χ1n) is 5.35. The molecule has 4 heteroatoms. The van der Waals surface area contributed by atoms with Crippen molar-refractivity contribution in [1.82, 2.24) is 0 Å². The molecule has 0 bridgehead atoms. The molecule has 3 nitrogen and oxygen atoms in total. The van der Waals surface area contributed by atoms with Crippen LogP contribution in [0.5, 0.6) is 17.2 Å². The fraction of sp³-hybridized carbons (Fsp3) is 0.0714. The smallest absolute Gasteiger partial charge is 0.308 e. The number of ether oxygens (including phenoxy) is 2. The second-order valence-electron chi connectivity index (χ2n) is 3.62. The highest BCUT2D eigenvalue weighted by Gasteiger charge is 2.02. The SMILES string of the molecule is CC(=O)Oc1cccc(Oc2ccc(Cl)cc2)c1. The van der Waals surface area contributed by atoms with Crippen LogP contribution in [0.4, 0.5) is 0 Å². The monoisotopic (exact) mass is 262 g/mol. The second kappa shape index (κ2) is 5.56. The molecular weight excluding hydrogens is 252 g/mol. The fourth-order valence-corrected chi connectivity index (χ4v) is 1.53. The molecule has 0 heterocycles. The minimum Gasteiger partial charge on any atom is -0.457 e. The first-order chi connectivity index (χ1) is 8.63. The zero-order chi connectivity index (χ0) is 13.0. The van der Waals surface area contributed by atoms with Crippen LogP contribution in [0, 0.1) is 0 Å². The van der Waals surface area contributed by atoms with Crippen LogP contribution in [0.25, 0.3) is 0 Å². The average molecular weight is 263 g/mol. The Morgan fingerprint density at radius 1 is 1.00 bits per heavy atom. The van der Waals surface area contributed by atoms with Gasteiger partial charge in [0.05, 0.1) is 0 Å². The van der Waals surface area contributed by atoms with E-state index in [2.05, 4.69) is 0 Å². The third-order valence-electron chi connectivity index (χ3n) is 2.12. The van der Waals surface area contributed by atoms with Gasteiger partial charge in [0.15, 0.2) is 0 Å². The van der Waals surface area contributed by atoms with Crippen molar-refractivity contribution in [2.45, 2.75) is 6.92 Å². The summed E-state index contributed by atoms with van der Waals surface area (Å²) in [6.45, 7) is 1.35. The zero-order valence-corrected chi connectivity index (χ0v) is 10.5. The van der Waals surface area contributed by atoms with Crippen LogP contribution in [-0.2, 0) is 4.79 Å². The normalized spacial score (nSPS) is 9.89. The van der Waals surface area contributed by atoms with Crippen molar-refractivity contribution in [3.63, 3.8) is 0 Å². The highest BCUT2D eigenvalue weighted by molar-refractivity contribution is 6.30. The van der Waals surface area contributed by atoms with Crippen LogP contribution in [0.1, 0.15) is 6.92 Å². The topological polar surface area (TPSA) is 35.5 Å². The predicted octanol–water partition coefficient (Wildman–Crippen LogP) is 4.06. The zero-order valence-electron chi connectivity index (χ0n) is 9.72. The molecule has 0 saturated heterocycles. The van der Waals surface area contributed by atoms with Crippen molar-refractivity contribution in [1.29, 1.82) is 0 Å². The van der Waals surface area contributed by atoms with Gasteiger partial charge >= 0.3 is 5.97 Å². The quantitative estimate of drug-likeness (QED) is 0.618. The van der Waals surface area contributed by atoms with Crippen molar-refractivity contribution in [3.8, 4) is 17.2 Å².